The first-order valence-corrected chi connectivity index (χ1v) is 6.40. The summed E-state index contributed by atoms with van der Waals surface area (Å²) < 4.78 is 6.39. The number of nitrogens with one attached hydrogen (secondary N) is 1. The second-order valence-corrected chi connectivity index (χ2v) is 4.77. The molecule has 0 aromatic heterocycles. The van der Waals surface area contributed by atoms with Crippen LogP contribution in [-0.2, 0) is 4.74 Å². The van der Waals surface area contributed by atoms with Gasteiger partial charge in [0.15, 0.2) is 0 Å². The highest BCUT2D eigenvalue weighted by Gasteiger charge is 2.08. The Hall–Kier alpha value is -1.29. The maximum atomic E-state index is 11.8. The molecule has 0 unspecified atom stereocenters. The standard InChI is InChI=1S/C13H14BrNO2/c14-11-6-4-10(5-7-11)13(16)15-9-12-3-1-2-8-17-12/h3-7H,1-2,8-9H2,(H,15,16). The smallest absolute Gasteiger partial charge is 0.251 e. The highest BCUT2D eigenvalue weighted by molar-refractivity contribution is 9.10. The number of hydrogen-bond acceptors (Lipinski definition) is 2. The van der Waals surface area contributed by atoms with E-state index in [2.05, 4.69) is 21.2 Å². The highest BCUT2D eigenvalue weighted by Crippen LogP contribution is 2.11. The van der Waals surface area contributed by atoms with E-state index in [0.717, 1.165) is 29.7 Å². The van der Waals surface area contributed by atoms with Gasteiger partial charge in [0.25, 0.3) is 5.91 Å². The van der Waals surface area contributed by atoms with Gasteiger partial charge in [0.2, 0.25) is 0 Å². The molecule has 0 spiro atoms. The molecule has 0 fully saturated rings. The van der Waals surface area contributed by atoms with Crippen LogP contribution in [0.3, 0.4) is 0 Å². The number of benzene rings is 1. The van der Waals surface area contributed by atoms with Gasteiger partial charge in [-0.25, -0.2) is 0 Å². The Morgan fingerprint density at radius 2 is 2.12 bits per heavy atom. The average Bonchev–Trinajstić information content (AvgIpc) is 2.38. The molecule has 3 nitrogen and oxygen atoms in total. The second kappa shape index (κ2) is 5.87. The van der Waals surface area contributed by atoms with Crippen molar-refractivity contribution in [2.75, 3.05) is 13.2 Å². The van der Waals surface area contributed by atoms with Gasteiger partial charge in [-0.3, -0.25) is 4.79 Å². The molecular weight excluding hydrogens is 282 g/mol. The molecule has 0 radical (unpaired) electrons. The van der Waals surface area contributed by atoms with Crippen molar-refractivity contribution in [2.24, 2.45) is 0 Å². The Morgan fingerprint density at radius 1 is 1.35 bits per heavy atom. The number of amides is 1. The average molecular weight is 296 g/mol. The summed E-state index contributed by atoms with van der Waals surface area (Å²) in [5.41, 5.74) is 0.657. The SMILES string of the molecule is O=C(NCC1=CCCCO1)c1ccc(Br)cc1. The molecule has 1 N–H and O–H groups in total. The third-order valence-corrected chi connectivity index (χ3v) is 3.07. The molecule has 4 heteroatoms. The zero-order chi connectivity index (χ0) is 12.1. The lowest BCUT2D eigenvalue weighted by Crippen LogP contribution is -2.27. The van der Waals surface area contributed by atoms with Gasteiger partial charge < -0.3 is 10.1 Å². The molecule has 0 atom stereocenters. The van der Waals surface area contributed by atoms with E-state index in [-0.39, 0.29) is 5.91 Å². The van der Waals surface area contributed by atoms with Crippen molar-refractivity contribution in [3.63, 3.8) is 0 Å². The molecule has 90 valence electrons. The van der Waals surface area contributed by atoms with Crippen molar-refractivity contribution in [3.8, 4) is 0 Å². The zero-order valence-corrected chi connectivity index (χ0v) is 11.0. The summed E-state index contributed by atoms with van der Waals surface area (Å²) in [4.78, 5) is 11.8. The monoisotopic (exact) mass is 295 g/mol. The first-order chi connectivity index (χ1) is 8.25. The number of halogens is 1. The predicted octanol–water partition coefficient (Wildman–Crippen LogP) is 2.87. The summed E-state index contributed by atoms with van der Waals surface area (Å²) in [6, 6.07) is 7.28. The van der Waals surface area contributed by atoms with Crippen LogP contribution in [0.2, 0.25) is 0 Å². The third-order valence-electron chi connectivity index (χ3n) is 2.54. The second-order valence-electron chi connectivity index (χ2n) is 3.85. The van der Waals surface area contributed by atoms with Crippen LogP contribution in [0.15, 0.2) is 40.6 Å². The number of ether oxygens (including phenoxy) is 1. The van der Waals surface area contributed by atoms with E-state index < -0.39 is 0 Å². The summed E-state index contributed by atoms with van der Waals surface area (Å²) in [6.45, 7) is 1.22. The minimum Gasteiger partial charge on any atom is -0.496 e. The number of carbonyl (C=O) groups excluding carboxylic acids is 1. The molecule has 0 saturated heterocycles. The molecule has 1 aromatic carbocycles. The van der Waals surface area contributed by atoms with Crippen molar-refractivity contribution in [2.45, 2.75) is 12.8 Å². The van der Waals surface area contributed by atoms with E-state index >= 15 is 0 Å². The zero-order valence-electron chi connectivity index (χ0n) is 9.41. The van der Waals surface area contributed by atoms with Crippen molar-refractivity contribution in [3.05, 3.63) is 46.1 Å². The summed E-state index contributed by atoms with van der Waals surface area (Å²) in [5, 5.41) is 2.84. The Morgan fingerprint density at radius 3 is 2.76 bits per heavy atom. The van der Waals surface area contributed by atoms with Gasteiger partial charge in [-0.05, 0) is 43.2 Å². The quantitative estimate of drug-likeness (QED) is 0.931. The fourth-order valence-corrected chi connectivity index (χ4v) is 1.87. The third kappa shape index (κ3) is 3.60. The van der Waals surface area contributed by atoms with Gasteiger partial charge in [0, 0.05) is 10.0 Å². The fraction of sp³-hybridized carbons (Fsp3) is 0.308. The topological polar surface area (TPSA) is 38.3 Å². The van der Waals surface area contributed by atoms with Crippen LogP contribution in [0.25, 0.3) is 0 Å². The van der Waals surface area contributed by atoms with Gasteiger partial charge in [0.05, 0.1) is 13.2 Å². The molecule has 0 bridgehead atoms. The van der Waals surface area contributed by atoms with Crippen LogP contribution in [0.1, 0.15) is 23.2 Å². The first-order valence-electron chi connectivity index (χ1n) is 5.61. The Bertz CT molecular complexity index is 426. The van der Waals surface area contributed by atoms with Crippen LogP contribution < -0.4 is 5.32 Å². The van der Waals surface area contributed by atoms with Gasteiger partial charge in [-0.15, -0.1) is 0 Å². The van der Waals surface area contributed by atoms with E-state index in [1.165, 1.54) is 0 Å². The first kappa shape index (κ1) is 12.2. The van der Waals surface area contributed by atoms with Crippen molar-refractivity contribution < 1.29 is 9.53 Å². The van der Waals surface area contributed by atoms with Crippen molar-refractivity contribution >= 4 is 21.8 Å². The summed E-state index contributed by atoms with van der Waals surface area (Å²) in [5.74, 6) is 0.786. The van der Waals surface area contributed by atoms with E-state index in [1.54, 1.807) is 12.1 Å². The lowest BCUT2D eigenvalue weighted by atomic mass is 10.2. The van der Waals surface area contributed by atoms with Gasteiger partial charge >= 0.3 is 0 Å². The fourth-order valence-electron chi connectivity index (χ4n) is 1.60. The normalized spacial score (nSPS) is 14.8. The van der Waals surface area contributed by atoms with Crippen molar-refractivity contribution in [1.82, 2.24) is 5.32 Å². The van der Waals surface area contributed by atoms with Gasteiger partial charge in [0.1, 0.15) is 5.76 Å². The molecule has 1 aliphatic heterocycles. The molecule has 2 rings (SSSR count). The molecular formula is C13H14BrNO2. The summed E-state index contributed by atoms with van der Waals surface area (Å²) >= 11 is 3.34. The highest BCUT2D eigenvalue weighted by atomic mass is 79.9. The summed E-state index contributed by atoms with van der Waals surface area (Å²) in [6.07, 6.45) is 4.12. The Labute approximate surface area is 109 Å². The molecule has 0 saturated carbocycles. The molecule has 1 aliphatic rings. The Balaban J connectivity index is 1.88. The van der Waals surface area contributed by atoms with E-state index in [9.17, 15) is 4.79 Å². The molecule has 1 amide bonds. The summed E-state index contributed by atoms with van der Waals surface area (Å²) in [7, 11) is 0. The number of hydrogen-bond donors (Lipinski definition) is 1. The van der Waals surface area contributed by atoms with Gasteiger partial charge in [-0.2, -0.15) is 0 Å². The number of allylic oxidation sites excluding steroid dienone is 1. The number of carbonyl (C=O) groups is 1. The van der Waals surface area contributed by atoms with E-state index in [1.807, 2.05) is 18.2 Å². The molecule has 0 aliphatic carbocycles. The Kier molecular flexibility index (Phi) is 4.20. The van der Waals surface area contributed by atoms with E-state index in [0.29, 0.717) is 12.1 Å². The van der Waals surface area contributed by atoms with Gasteiger partial charge in [-0.1, -0.05) is 15.9 Å². The lowest BCUT2D eigenvalue weighted by Gasteiger charge is -2.15. The van der Waals surface area contributed by atoms with E-state index in [4.69, 9.17) is 4.74 Å². The predicted molar refractivity (Wildman–Crippen MR) is 69.7 cm³/mol. The van der Waals surface area contributed by atoms with Crippen LogP contribution >= 0.6 is 15.9 Å². The molecule has 1 heterocycles. The molecule has 17 heavy (non-hydrogen) atoms. The largest absolute Gasteiger partial charge is 0.496 e. The number of rotatable bonds is 3. The maximum absolute atomic E-state index is 11.8. The van der Waals surface area contributed by atoms with Crippen LogP contribution in [0, 0.1) is 0 Å². The molecule has 1 aromatic rings. The minimum absolute atomic E-state index is 0.0763. The maximum Gasteiger partial charge on any atom is 0.251 e. The van der Waals surface area contributed by atoms with Crippen LogP contribution in [0.4, 0.5) is 0 Å². The van der Waals surface area contributed by atoms with Crippen molar-refractivity contribution in [1.29, 1.82) is 0 Å². The van der Waals surface area contributed by atoms with Crippen LogP contribution in [-0.4, -0.2) is 19.1 Å². The van der Waals surface area contributed by atoms with Crippen LogP contribution in [0.5, 0.6) is 0 Å². The lowest BCUT2D eigenvalue weighted by molar-refractivity contribution is 0.0944. The minimum atomic E-state index is -0.0763.